The van der Waals surface area contributed by atoms with E-state index in [1.54, 1.807) is 24.0 Å². The summed E-state index contributed by atoms with van der Waals surface area (Å²) in [4.78, 5) is 16.3. The maximum absolute atomic E-state index is 12.1. The lowest BCUT2D eigenvalue weighted by molar-refractivity contribution is 0.100. The number of hydrogen-bond donors (Lipinski definition) is 2. The van der Waals surface area contributed by atoms with Crippen molar-refractivity contribution >= 4 is 17.1 Å². The molecule has 0 saturated heterocycles. The lowest BCUT2D eigenvalue weighted by atomic mass is 9.80. The van der Waals surface area contributed by atoms with Crippen molar-refractivity contribution in [3.63, 3.8) is 0 Å². The third-order valence-corrected chi connectivity index (χ3v) is 6.56. The lowest BCUT2D eigenvalue weighted by Gasteiger charge is -2.33. The summed E-state index contributed by atoms with van der Waals surface area (Å²) in [6.07, 6.45) is 7.39. The molecule has 1 saturated carbocycles. The molecule has 1 unspecified atom stereocenters. The van der Waals surface area contributed by atoms with Crippen LogP contribution in [0, 0.1) is 11.3 Å². The van der Waals surface area contributed by atoms with Crippen LogP contribution < -0.4 is 15.8 Å². The fraction of sp³-hybridized carbons (Fsp3) is 0.409. The van der Waals surface area contributed by atoms with Crippen molar-refractivity contribution in [2.75, 3.05) is 12.4 Å². The number of aromatic nitrogens is 3. The molecule has 3 N–H and O–H groups in total. The van der Waals surface area contributed by atoms with Crippen LogP contribution in [-0.4, -0.2) is 33.7 Å². The van der Waals surface area contributed by atoms with Crippen LogP contribution in [0.3, 0.4) is 0 Å². The molecule has 2 atom stereocenters. The first kappa shape index (κ1) is 19.2. The number of primary amides is 1. The molecule has 152 valence electrons. The summed E-state index contributed by atoms with van der Waals surface area (Å²) in [5.41, 5.74) is 9.69. The summed E-state index contributed by atoms with van der Waals surface area (Å²) < 4.78 is 7.02. The zero-order valence-electron chi connectivity index (χ0n) is 17.3. The number of anilines is 1. The number of nitrogens with zero attached hydrogens (tertiary/aromatic N) is 3. The molecule has 7 nitrogen and oxygen atoms in total. The molecule has 3 aromatic heterocycles. The van der Waals surface area contributed by atoms with Gasteiger partial charge in [0.15, 0.2) is 0 Å². The molecule has 0 aromatic carbocycles. The Hall–Kier alpha value is -3.09. The number of rotatable bonds is 5. The van der Waals surface area contributed by atoms with Gasteiger partial charge in [0, 0.05) is 30.1 Å². The van der Waals surface area contributed by atoms with E-state index < -0.39 is 5.91 Å². The van der Waals surface area contributed by atoms with Gasteiger partial charge in [-0.2, -0.15) is 5.10 Å². The van der Waals surface area contributed by atoms with Crippen molar-refractivity contribution < 1.29 is 9.53 Å². The van der Waals surface area contributed by atoms with E-state index in [2.05, 4.69) is 36.2 Å². The number of carbonyl (C=O) groups is 1. The van der Waals surface area contributed by atoms with Gasteiger partial charge in [-0.15, -0.1) is 0 Å². The Bertz CT molecular complexity index is 1070. The second-order valence-corrected chi connectivity index (χ2v) is 8.44. The van der Waals surface area contributed by atoms with Crippen LogP contribution in [0.4, 0.5) is 5.69 Å². The molecule has 4 rings (SSSR count). The van der Waals surface area contributed by atoms with Gasteiger partial charge in [-0.05, 0) is 41.9 Å². The number of fused-ring (bicyclic) bond motifs is 1. The van der Waals surface area contributed by atoms with Crippen LogP contribution in [0.25, 0.3) is 16.6 Å². The first-order valence-electron chi connectivity index (χ1n) is 9.89. The quantitative estimate of drug-likeness (QED) is 0.689. The monoisotopic (exact) mass is 393 g/mol. The zero-order valence-corrected chi connectivity index (χ0v) is 17.3. The van der Waals surface area contributed by atoms with E-state index in [0.29, 0.717) is 17.4 Å². The second kappa shape index (κ2) is 7.06. The topological polar surface area (TPSA) is 94.5 Å². The van der Waals surface area contributed by atoms with E-state index in [1.165, 1.54) is 0 Å². The van der Waals surface area contributed by atoms with Crippen molar-refractivity contribution in [1.29, 1.82) is 0 Å². The van der Waals surface area contributed by atoms with Crippen molar-refractivity contribution in [2.45, 2.75) is 39.7 Å². The molecular formula is C22H27N5O2. The zero-order chi connectivity index (χ0) is 20.8. The lowest BCUT2D eigenvalue weighted by Crippen LogP contribution is -2.35. The fourth-order valence-corrected chi connectivity index (χ4v) is 4.19. The van der Waals surface area contributed by atoms with Crippen LogP contribution in [0.5, 0.6) is 5.88 Å². The minimum Gasteiger partial charge on any atom is -0.481 e. The molecule has 1 fully saturated rings. The molecule has 1 aliphatic rings. The van der Waals surface area contributed by atoms with Gasteiger partial charge in [0.2, 0.25) is 5.88 Å². The van der Waals surface area contributed by atoms with Crippen LogP contribution >= 0.6 is 0 Å². The summed E-state index contributed by atoms with van der Waals surface area (Å²) in [6, 6.07) is 6.06. The standard InChI is InChI=1S/C22H27N5O2/c1-13-5-6-18(22(13,2)3)26-20-16(21(23)28)11-25-27-12-15(9-17(20)27)14-7-8-24-19(10-14)29-4/h7-13,18,26H,5-6H2,1-4H3,(H2,23,28)/t13?,18-/m1/s1. The van der Waals surface area contributed by atoms with Gasteiger partial charge in [-0.1, -0.05) is 20.8 Å². The third kappa shape index (κ3) is 3.30. The van der Waals surface area contributed by atoms with Gasteiger partial charge in [0.05, 0.1) is 30.1 Å². The summed E-state index contributed by atoms with van der Waals surface area (Å²) in [7, 11) is 1.59. The van der Waals surface area contributed by atoms with Crippen molar-refractivity contribution in [2.24, 2.45) is 17.1 Å². The van der Waals surface area contributed by atoms with Crippen LogP contribution in [0.15, 0.2) is 36.8 Å². The number of nitrogens with two attached hydrogens (primary N) is 1. The molecule has 0 bridgehead atoms. The van der Waals surface area contributed by atoms with Gasteiger partial charge in [0.25, 0.3) is 5.91 Å². The molecule has 7 heteroatoms. The van der Waals surface area contributed by atoms with E-state index in [0.717, 1.165) is 35.2 Å². The number of ether oxygens (including phenoxy) is 1. The Kier molecular flexibility index (Phi) is 4.68. The number of amides is 1. The molecule has 29 heavy (non-hydrogen) atoms. The highest BCUT2D eigenvalue weighted by atomic mass is 16.5. The van der Waals surface area contributed by atoms with Gasteiger partial charge in [-0.25, -0.2) is 9.50 Å². The van der Waals surface area contributed by atoms with E-state index in [4.69, 9.17) is 10.5 Å². The molecule has 3 heterocycles. The van der Waals surface area contributed by atoms with Crippen molar-refractivity contribution in [3.05, 3.63) is 42.4 Å². The molecule has 1 amide bonds. The molecule has 0 spiro atoms. The Labute approximate surface area is 170 Å². The van der Waals surface area contributed by atoms with E-state index in [-0.39, 0.29) is 11.5 Å². The Morgan fingerprint density at radius 3 is 2.76 bits per heavy atom. The van der Waals surface area contributed by atoms with Crippen molar-refractivity contribution in [3.8, 4) is 17.0 Å². The number of methoxy groups -OCH3 is 1. The van der Waals surface area contributed by atoms with E-state index in [1.807, 2.05) is 24.4 Å². The summed E-state index contributed by atoms with van der Waals surface area (Å²) in [6.45, 7) is 6.83. The number of nitrogens with one attached hydrogen (secondary N) is 1. The molecular weight excluding hydrogens is 366 g/mol. The Balaban J connectivity index is 1.82. The summed E-state index contributed by atoms with van der Waals surface area (Å²) >= 11 is 0. The average Bonchev–Trinajstić information content (AvgIpc) is 3.24. The van der Waals surface area contributed by atoms with Gasteiger partial charge in [0.1, 0.15) is 0 Å². The van der Waals surface area contributed by atoms with Crippen LogP contribution in [-0.2, 0) is 0 Å². The maximum Gasteiger partial charge on any atom is 0.252 e. The largest absolute Gasteiger partial charge is 0.481 e. The molecule has 0 aliphatic heterocycles. The summed E-state index contributed by atoms with van der Waals surface area (Å²) in [5, 5.41) is 8.05. The highest BCUT2D eigenvalue weighted by molar-refractivity contribution is 6.02. The Morgan fingerprint density at radius 1 is 1.31 bits per heavy atom. The first-order chi connectivity index (χ1) is 13.8. The smallest absolute Gasteiger partial charge is 0.252 e. The van der Waals surface area contributed by atoms with Gasteiger partial charge >= 0.3 is 0 Å². The highest BCUT2D eigenvalue weighted by Gasteiger charge is 2.41. The predicted molar refractivity (Wildman–Crippen MR) is 113 cm³/mol. The van der Waals surface area contributed by atoms with Crippen LogP contribution in [0.2, 0.25) is 0 Å². The minimum atomic E-state index is -0.486. The molecule has 0 radical (unpaired) electrons. The highest BCUT2D eigenvalue weighted by Crippen LogP contribution is 2.44. The summed E-state index contributed by atoms with van der Waals surface area (Å²) in [5.74, 6) is 0.657. The van der Waals surface area contributed by atoms with E-state index >= 15 is 0 Å². The Morgan fingerprint density at radius 2 is 2.10 bits per heavy atom. The molecule has 1 aliphatic carbocycles. The SMILES string of the molecule is COc1cc(-c2cc3c(N[C@@H]4CCC(C)C4(C)C)c(C(N)=O)cnn3c2)ccn1. The van der Waals surface area contributed by atoms with Crippen LogP contribution in [0.1, 0.15) is 44.0 Å². The third-order valence-electron chi connectivity index (χ3n) is 6.56. The van der Waals surface area contributed by atoms with Crippen molar-refractivity contribution in [1.82, 2.24) is 14.6 Å². The first-order valence-corrected chi connectivity index (χ1v) is 9.89. The number of pyridine rings is 1. The van der Waals surface area contributed by atoms with E-state index in [9.17, 15) is 4.79 Å². The molecule has 3 aromatic rings. The normalized spacial score (nSPS) is 20.7. The minimum absolute atomic E-state index is 0.114. The second-order valence-electron chi connectivity index (χ2n) is 8.44. The maximum atomic E-state index is 12.1. The number of carbonyl (C=O) groups excluding carboxylic acids is 1. The fourth-order valence-electron chi connectivity index (χ4n) is 4.19. The van der Waals surface area contributed by atoms with Gasteiger partial charge in [-0.3, -0.25) is 4.79 Å². The predicted octanol–water partition coefficient (Wildman–Crippen LogP) is 3.74. The average molecular weight is 393 g/mol. The number of hydrogen-bond acceptors (Lipinski definition) is 5. The van der Waals surface area contributed by atoms with Gasteiger partial charge < -0.3 is 15.8 Å².